The highest BCUT2D eigenvalue weighted by Crippen LogP contribution is 2.28. The van der Waals surface area contributed by atoms with Crippen molar-refractivity contribution < 1.29 is 9.53 Å². The van der Waals surface area contributed by atoms with Crippen molar-refractivity contribution in [1.82, 2.24) is 10.2 Å². The fraction of sp³-hybridized carbons (Fsp3) is 0.533. The Morgan fingerprint density at radius 3 is 3.05 bits per heavy atom. The number of nitrogens with two attached hydrogens (primary N) is 1. The first-order valence-corrected chi connectivity index (χ1v) is 7.03. The van der Waals surface area contributed by atoms with Crippen LogP contribution in [-0.4, -0.2) is 50.7 Å². The summed E-state index contributed by atoms with van der Waals surface area (Å²) in [5.74, 6) is 0.0277. The van der Waals surface area contributed by atoms with Gasteiger partial charge in [0.05, 0.1) is 13.2 Å². The van der Waals surface area contributed by atoms with E-state index < -0.39 is 0 Å². The zero-order valence-corrected chi connectivity index (χ0v) is 12.0. The Balaban J connectivity index is 1.97. The molecule has 1 unspecified atom stereocenters. The number of benzene rings is 1. The lowest BCUT2D eigenvalue weighted by Crippen LogP contribution is -2.45. The summed E-state index contributed by atoms with van der Waals surface area (Å²) in [6.45, 7) is 2.88. The lowest BCUT2D eigenvalue weighted by molar-refractivity contribution is -0.123. The minimum atomic E-state index is 0.0277. The number of nitrogens with zero attached hydrogens (tertiary/aromatic N) is 1. The van der Waals surface area contributed by atoms with Crippen LogP contribution in [0.2, 0.25) is 0 Å². The van der Waals surface area contributed by atoms with Crippen molar-refractivity contribution in [2.24, 2.45) is 5.73 Å². The maximum atomic E-state index is 11.9. The van der Waals surface area contributed by atoms with Crippen LogP contribution in [0.4, 0.5) is 0 Å². The predicted molar refractivity (Wildman–Crippen MR) is 78.4 cm³/mol. The smallest absolute Gasteiger partial charge is 0.234 e. The number of amides is 1. The number of hydrogen-bond acceptors (Lipinski definition) is 4. The molecule has 0 aliphatic carbocycles. The summed E-state index contributed by atoms with van der Waals surface area (Å²) in [5.41, 5.74) is 8.51. The van der Waals surface area contributed by atoms with E-state index in [2.05, 4.69) is 28.4 Å². The van der Waals surface area contributed by atoms with Crippen molar-refractivity contribution in [2.45, 2.75) is 12.5 Å². The molecule has 1 aliphatic rings. The second-order valence-electron chi connectivity index (χ2n) is 5.01. The second-order valence-corrected chi connectivity index (χ2v) is 5.01. The first kappa shape index (κ1) is 15.0. The Hall–Kier alpha value is -1.43. The zero-order valence-electron chi connectivity index (χ0n) is 12.0. The van der Waals surface area contributed by atoms with E-state index in [0.717, 1.165) is 13.0 Å². The van der Waals surface area contributed by atoms with Crippen LogP contribution in [0.1, 0.15) is 17.2 Å². The highest BCUT2D eigenvalue weighted by atomic mass is 16.5. The topological polar surface area (TPSA) is 67.6 Å². The molecule has 1 heterocycles. The summed E-state index contributed by atoms with van der Waals surface area (Å²) in [6.07, 6.45) is 0.970. The summed E-state index contributed by atoms with van der Waals surface area (Å²) < 4.78 is 4.92. The van der Waals surface area contributed by atoms with Crippen LogP contribution in [0.25, 0.3) is 0 Å². The Kier molecular flexibility index (Phi) is 5.52. The number of carbonyl (C=O) groups excluding carboxylic acids is 1. The molecule has 0 spiro atoms. The molecular weight excluding hydrogens is 254 g/mol. The summed E-state index contributed by atoms with van der Waals surface area (Å²) >= 11 is 0. The van der Waals surface area contributed by atoms with E-state index in [9.17, 15) is 4.79 Å². The number of hydrogen-bond donors (Lipinski definition) is 2. The SMILES string of the molecule is COCCNC(=O)CN1CCc2ccccc2C1CN. The van der Waals surface area contributed by atoms with E-state index in [4.69, 9.17) is 10.5 Å². The van der Waals surface area contributed by atoms with Gasteiger partial charge in [-0.05, 0) is 17.5 Å². The van der Waals surface area contributed by atoms with E-state index in [1.165, 1.54) is 11.1 Å². The minimum absolute atomic E-state index is 0.0277. The van der Waals surface area contributed by atoms with Gasteiger partial charge in [0.2, 0.25) is 5.91 Å². The fourth-order valence-corrected chi connectivity index (χ4v) is 2.70. The van der Waals surface area contributed by atoms with Crippen LogP contribution in [0.15, 0.2) is 24.3 Å². The standard InChI is InChI=1S/C15H23N3O2/c1-20-9-7-17-15(19)11-18-8-6-12-4-2-3-5-13(12)14(18)10-16/h2-5,14H,6-11,16H2,1H3,(H,17,19). The molecule has 110 valence electrons. The lowest BCUT2D eigenvalue weighted by atomic mass is 9.92. The normalized spacial score (nSPS) is 18.6. The lowest BCUT2D eigenvalue weighted by Gasteiger charge is -2.36. The van der Waals surface area contributed by atoms with Crippen LogP contribution >= 0.6 is 0 Å². The van der Waals surface area contributed by atoms with Crippen molar-refractivity contribution in [1.29, 1.82) is 0 Å². The third kappa shape index (κ3) is 3.56. The Morgan fingerprint density at radius 1 is 1.50 bits per heavy atom. The van der Waals surface area contributed by atoms with Gasteiger partial charge in [-0.25, -0.2) is 0 Å². The van der Waals surface area contributed by atoms with E-state index in [1.54, 1.807) is 7.11 Å². The number of methoxy groups -OCH3 is 1. The van der Waals surface area contributed by atoms with Crippen molar-refractivity contribution in [2.75, 3.05) is 39.9 Å². The van der Waals surface area contributed by atoms with E-state index in [0.29, 0.717) is 26.2 Å². The molecule has 0 aromatic heterocycles. The van der Waals surface area contributed by atoms with E-state index in [1.807, 2.05) is 6.07 Å². The third-order valence-corrected chi connectivity index (χ3v) is 3.72. The van der Waals surface area contributed by atoms with Gasteiger partial charge in [-0.1, -0.05) is 24.3 Å². The summed E-state index contributed by atoms with van der Waals surface area (Å²) in [6, 6.07) is 8.48. The molecule has 5 heteroatoms. The van der Waals surface area contributed by atoms with Gasteiger partial charge in [0.15, 0.2) is 0 Å². The molecule has 3 N–H and O–H groups in total. The second kappa shape index (κ2) is 7.38. The number of fused-ring (bicyclic) bond motifs is 1. The zero-order chi connectivity index (χ0) is 14.4. The molecule has 1 aliphatic heterocycles. The van der Waals surface area contributed by atoms with Crippen molar-refractivity contribution in [3.05, 3.63) is 35.4 Å². The van der Waals surface area contributed by atoms with Crippen molar-refractivity contribution >= 4 is 5.91 Å². The maximum Gasteiger partial charge on any atom is 0.234 e. The fourth-order valence-electron chi connectivity index (χ4n) is 2.70. The Labute approximate surface area is 120 Å². The number of rotatable bonds is 6. The largest absolute Gasteiger partial charge is 0.383 e. The van der Waals surface area contributed by atoms with Crippen LogP contribution in [0.5, 0.6) is 0 Å². The molecule has 0 fully saturated rings. The molecule has 1 amide bonds. The number of ether oxygens (including phenoxy) is 1. The van der Waals surface area contributed by atoms with Gasteiger partial charge >= 0.3 is 0 Å². The molecule has 0 saturated heterocycles. The van der Waals surface area contributed by atoms with Crippen LogP contribution in [0.3, 0.4) is 0 Å². The van der Waals surface area contributed by atoms with Gasteiger partial charge in [-0.3, -0.25) is 9.69 Å². The van der Waals surface area contributed by atoms with Crippen molar-refractivity contribution in [3.63, 3.8) is 0 Å². The predicted octanol–water partition coefficient (Wildman–Crippen LogP) is 0.307. The minimum Gasteiger partial charge on any atom is -0.383 e. The molecule has 5 nitrogen and oxygen atoms in total. The molecule has 0 saturated carbocycles. The molecule has 0 radical (unpaired) electrons. The van der Waals surface area contributed by atoms with Crippen molar-refractivity contribution in [3.8, 4) is 0 Å². The van der Waals surface area contributed by atoms with Crippen LogP contribution in [0, 0.1) is 0 Å². The number of carbonyl (C=O) groups is 1. The first-order chi connectivity index (χ1) is 9.76. The molecule has 1 atom stereocenters. The van der Waals surface area contributed by atoms with Gasteiger partial charge in [0.1, 0.15) is 0 Å². The number of nitrogens with one attached hydrogen (secondary N) is 1. The monoisotopic (exact) mass is 277 g/mol. The van der Waals surface area contributed by atoms with Crippen LogP contribution < -0.4 is 11.1 Å². The molecule has 0 bridgehead atoms. The summed E-state index contributed by atoms with van der Waals surface area (Å²) in [7, 11) is 1.62. The first-order valence-electron chi connectivity index (χ1n) is 7.03. The third-order valence-electron chi connectivity index (χ3n) is 3.72. The Bertz CT molecular complexity index is 450. The van der Waals surface area contributed by atoms with Gasteiger partial charge in [-0.15, -0.1) is 0 Å². The molecule has 2 rings (SSSR count). The molecular formula is C15H23N3O2. The highest BCUT2D eigenvalue weighted by molar-refractivity contribution is 5.78. The van der Waals surface area contributed by atoms with Crippen LogP contribution in [-0.2, 0) is 16.0 Å². The molecule has 1 aromatic rings. The summed E-state index contributed by atoms with van der Waals surface area (Å²) in [5, 5.41) is 2.85. The van der Waals surface area contributed by atoms with E-state index in [-0.39, 0.29) is 11.9 Å². The van der Waals surface area contributed by atoms with Gasteiger partial charge in [0.25, 0.3) is 0 Å². The van der Waals surface area contributed by atoms with Gasteiger partial charge < -0.3 is 15.8 Å². The average molecular weight is 277 g/mol. The quantitative estimate of drug-likeness (QED) is 0.734. The Morgan fingerprint density at radius 2 is 2.30 bits per heavy atom. The summed E-state index contributed by atoms with van der Waals surface area (Å²) in [4.78, 5) is 14.1. The maximum absolute atomic E-state index is 11.9. The van der Waals surface area contributed by atoms with E-state index >= 15 is 0 Å². The van der Waals surface area contributed by atoms with Gasteiger partial charge in [-0.2, -0.15) is 0 Å². The molecule has 1 aromatic carbocycles. The average Bonchev–Trinajstić information content (AvgIpc) is 2.47. The highest BCUT2D eigenvalue weighted by Gasteiger charge is 2.27. The van der Waals surface area contributed by atoms with Gasteiger partial charge in [0, 0.05) is 32.8 Å². The molecule has 20 heavy (non-hydrogen) atoms.